The molecule has 4 aliphatic rings. The first-order chi connectivity index (χ1) is 22.6. The number of fused-ring (bicyclic) bond motifs is 6. The summed E-state index contributed by atoms with van der Waals surface area (Å²) in [7, 11) is 0. The van der Waals surface area contributed by atoms with Crippen LogP contribution >= 0.6 is 141 Å². The van der Waals surface area contributed by atoms with Gasteiger partial charge in [0.2, 0.25) is 0 Å². The maximum Gasteiger partial charge on any atom is 0.0717 e. The van der Waals surface area contributed by atoms with Gasteiger partial charge < -0.3 is 0 Å². The Morgan fingerprint density at radius 1 is 0.391 bits per heavy atom. The molecule has 0 N–H and O–H groups in total. The molecule has 0 nitrogen and oxygen atoms in total. The molecule has 2 aromatic carbocycles. The molecule has 248 valence electrons. The molecular formula is C34H40S12. The van der Waals surface area contributed by atoms with Crippen LogP contribution < -0.4 is 0 Å². The Morgan fingerprint density at radius 2 is 0.674 bits per heavy atom. The van der Waals surface area contributed by atoms with Gasteiger partial charge in [-0.3, -0.25) is 0 Å². The highest BCUT2D eigenvalue weighted by atomic mass is 32.3. The molecule has 0 atom stereocenters. The molecule has 4 aliphatic heterocycles. The zero-order chi connectivity index (χ0) is 31.9. The Labute approximate surface area is 328 Å². The molecule has 0 saturated heterocycles. The minimum absolute atomic E-state index is 1.23. The first kappa shape index (κ1) is 37.6. The summed E-state index contributed by atoms with van der Waals surface area (Å²) in [6.45, 7) is 9.21. The van der Waals surface area contributed by atoms with E-state index in [-0.39, 0.29) is 0 Å². The van der Waals surface area contributed by atoms with Gasteiger partial charge in [0.25, 0.3) is 0 Å². The highest BCUT2D eigenvalue weighted by Gasteiger charge is 2.37. The third kappa shape index (κ3) is 9.07. The van der Waals surface area contributed by atoms with E-state index in [1.165, 1.54) is 122 Å². The third-order valence-corrected chi connectivity index (χ3v) is 25.0. The fourth-order valence-corrected chi connectivity index (χ4v) is 23.3. The van der Waals surface area contributed by atoms with Crippen molar-refractivity contribution in [3.63, 3.8) is 0 Å². The van der Waals surface area contributed by atoms with Crippen LogP contribution in [-0.2, 0) is 0 Å². The van der Waals surface area contributed by atoms with E-state index >= 15 is 0 Å². The Bertz CT molecular complexity index is 1390. The molecule has 0 unspecified atom stereocenters. The lowest BCUT2D eigenvalue weighted by Crippen LogP contribution is -1.83. The van der Waals surface area contributed by atoms with Crippen molar-refractivity contribution in [2.24, 2.45) is 0 Å². The van der Waals surface area contributed by atoms with Gasteiger partial charge in [0.1, 0.15) is 0 Å². The lowest BCUT2D eigenvalue weighted by Gasteiger charge is -2.09. The minimum atomic E-state index is 1.23. The summed E-state index contributed by atoms with van der Waals surface area (Å²) in [5.41, 5.74) is 0. The highest BCUT2D eigenvalue weighted by Crippen LogP contribution is 2.71. The lowest BCUT2D eigenvalue weighted by molar-refractivity contribution is 0.897. The van der Waals surface area contributed by atoms with E-state index in [9.17, 15) is 0 Å². The number of rotatable bonds is 16. The summed E-state index contributed by atoms with van der Waals surface area (Å²) >= 11 is 24.8. The van der Waals surface area contributed by atoms with Crippen molar-refractivity contribution in [1.29, 1.82) is 0 Å². The van der Waals surface area contributed by atoms with Crippen LogP contribution in [0.4, 0.5) is 0 Å². The maximum absolute atomic E-state index is 2.36. The average molecular weight is 833 g/mol. The van der Waals surface area contributed by atoms with Crippen LogP contribution in [0.5, 0.6) is 0 Å². The fourth-order valence-electron chi connectivity index (χ4n) is 4.60. The molecule has 0 aromatic heterocycles. The van der Waals surface area contributed by atoms with Crippen molar-refractivity contribution in [3.05, 3.63) is 58.2 Å². The monoisotopic (exact) mass is 832 g/mol. The quantitative estimate of drug-likeness (QED) is 0.148. The van der Waals surface area contributed by atoms with Gasteiger partial charge in [0, 0.05) is 19.6 Å². The van der Waals surface area contributed by atoms with Crippen molar-refractivity contribution < 1.29 is 0 Å². The number of thioether (sulfide) groups is 12. The molecule has 4 heterocycles. The van der Waals surface area contributed by atoms with Crippen molar-refractivity contribution >= 4 is 152 Å². The van der Waals surface area contributed by atoms with E-state index in [0.717, 1.165) is 0 Å². The second kappa shape index (κ2) is 19.1. The van der Waals surface area contributed by atoms with E-state index < -0.39 is 0 Å². The van der Waals surface area contributed by atoms with Crippen molar-refractivity contribution in [1.82, 2.24) is 0 Å². The number of unbranched alkanes of at least 4 members (excludes halogenated alkanes) is 4. The zero-order valence-electron chi connectivity index (χ0n) is 26.7. The van der Waals surface area contributed by atoms with E-state index in [1.807, 2.05) is 23.5 Å². The van der Waals surface area contributed by atoms with Crippen LogP contribution in [0.1, 0.15) is 79.1 Å². The van der Waals surface area contributed by atoms with Gasteiger partial charge in [-0.15, -0.1) is 47.0 Å². The van der Waals surface area contributed by atoms with Gasteiger partial charge in [0.05, 0.1) is 33.9 Å². The molecule has 0 radical (unpaired) electrons. The van der Waals surface area contributed by atoms with E-state index in [2.05, 4.69) is 170 Å². The Kier molecular flexibility index (Phi) is 15.6. The predicted molar refractivity (Wildman–Crippen MR) is 235 cm³/mol. The summed E-state index contributed by atoms with van der Waals surface area (Å²) in [5, 5.41) is 2.85. The van der Waals surface area contributed by atoms with Gasteiger partial charge in [0.15, 0.2) is 0 Å². The Morgan fingerprint density at radius 3 is 0.978 bits per heavy atom. The highest BCUT2D eigenvalue weighted by molar-refractivity contribution is 8.43. The topological polar surface area (TPSA) is 0 Å². The minimum Gasteiger partial charge on any atom is -0.117 e. The SMILES string of the molecule is CCCCSC1=C(SCCCC)SC(=C2Sc3c4c(c5ccccc5c3S2)SC(=C2SC(SCCCC)=C(SCCCC)S2)S4)S1. The maximum atomic E-state index is 2.36. The van der Waals surface area contributed by atoms with Crippen LogP contribution in [0.3, 0.4) is 0 Å². The van der Waals surface area contributed by atoms with Crippen molar-refractivity contribution in [2.75, 3.05) is 23.0 Å². The molecule has 0 amide bonds. The standard InChI is InChI=1S/C34H40S12/c1-5-9-17-35-27-28(36-18-10-6-2)44-33(43-27)31-39-23-21-15-13-14-16-22(21)24-26(25(23)41-31)42-32(40-24)34-45-29(37-19-11-7-3)30(46-34)38-20-12-8-4/h13-16H,5-12,17-20H2,1-4H3. The summed E-state index contributed by atoms with van der Waals surface area (Å²) in [5.74, 6) is 4.91. The van der Waals surface area contributed by atoms with E-state index in [0.29, 0.717) is 0 Å². The number of hydrogen-bond donors (Lipinski definition) is 0. The van der Waals surface area contributed by atoms with Crippen LogP contribution in [0, 0.1) is 0 Å². The van der Waals surface area contributed by atoms with Gasteiger partial charge in [-0.25, -0.2) is 0 Å². The largest absolute Gasteiger partial charge is 0.117 e. The molecule has 0 aliphatic carbocycles. The van der Waals surface area contributed by atoms with Crippen LogP contribution in [0.25, 0.3) is 10.8 Å². The molecule has 0 saturated carbocycles. The molecular weight excluding hydrogens is 793 g/mol. The molecule has 2 aromatic rings. The Balaban J connectivity index is 1.27. The second-order valence-corrected chi connectivity index (χ2v) is 25.4. The third-order valence-electron chi connectivity index (χ3n) is 7.15. The summed E-state index contributed by atoms with van der Waals surface area (Å²) in [4.78, 5) is 5.95. The molecule has 0 spiro atoms. The first-order valence-electron chi connectivity index (χ1n) is 16.1. The molecule has 0 fully saturated rings. The van der Waals surface area contributed by atoms with Gasteiger partial charge in [-0.1, -0.05) is 172 Å². The van der Waals surface area contributed by atoms with E-state index in [4.69, 9.17) is 0 Å². The summed E-state index contributed by atoms with van der Waals surface area (Å²) < 4.78 is 12.2. The first-order valence-corrected chi connectivity index (χ1v) is 26.6. The average Bonchev–Trinajstić information content (AvgIpc) is 3.87. The van der Waals surface area contributed by atoms with Crippen LogP contribution in [0.2, 0.25) is 0 Å². The zero-order valence-corrected chi connectivity index (χ0v) is 36.5. The Hall–Kier alpha value is 1.86. The normalized spacial score (nSPS) is 17.9. The molecule has 46 heavy (non-hydrogen) atoms. The lowest BCUT2D eigenvalue weighted by atomic mass is 10.1. The number of hydrogen-bond acceptors (Lipinski definition) is 12. The van der Waals surface area contributed by atoms with Gasteiger partial charge in [-0.2, -0.15) is 0 Å². The predicted octanol–water partition coefficient (Wildman–Crippen LogP) is 16.8. The summed E-state index contributed by atoms with van der Waals surface area (Å²) in [6.07, 6.45) is 10.2. The summed E-state index contributed by atoms with van der Waals surface area (Å²) in [6, 6.07) is 9.19. The van der Waals surface area contributed by atoms with Crippen molar-refractivity contribution in [2.45, 2.75) is 98.6 Å². The van der Waals surface area contributed by atoms with Crippen LogP contribution in [-0.4, -0.2) is 23.0 Å². The van der Waals surface area contributed by atoms with Gasteiger partial charge in [-0.05, 0) is 59.5 Å². The molecule has 12 heteroatoms. The molecule has 0 bridgehead atoms. The van der Waals surface area contributed by atoms with Crippen molar-refractivity contribution in [3.8, 4) is 0 Å². The van der Waals surface area contributed by atoms with E-state index in [1.54, 1.807) is 16.9 Å². The van der Waals surface area contributed by atoms with Crippen LogP contribution in [0.15, 0.2) is 77.7 Å². The molecule has 6 rings (SSSR count). The van der Waals surface area contributed by atoms with Gasteiger partial charge >= 0.3 is 0 Å². The number of benzene rings is 2. The second-order valence-electron chi connectivity index (χ2n) is 10.8. The smallest absolute Gasteiger partial charge is 0.0717 e. The fraction of sp³-hybridized carbons (Fsp3) is 0.471.